The molecule has 0 amide bonds. The average Bonchev–Trinajstić information content (AvgIpc) is 2.85. The Kier molecular flexibility index (Phi) is 5.86. The van der Waals surface area contributed by atoms with E-state index < -0.39 is 0 Å². The summed E-state index contributed by atoms with van der Waals surface area (Å²) in [5.41, 5.74) is 1.48. The van der Waals surface area contributed by atoms with Gasteiger partial charge in [0.25, 0.3) is 0 Å². The second-order valence-corrected chi connectivity index (χ2v) is 7.02. The van der Waals surface area contributed by atoms with Crippen LogP contribution in [-0.4, -0.2) is 30.1 Å². The molecule has 0 aromatic carbocycles. The van der Waals surface area contributed by atoms with E-state index in [0.29, 0.717) is 12.1 Å². The molecule has 1 aromatic rings. The molecule has 1 fully saturated rings. The lowest BCUT2D eigenvalue weighted by Crippen LogP contribution is -2.56. The van der Waals surface area contributed by atoms with Crippen molar-refractivity contribution in [3.05, 3.63) is 22.4 Å². The fourth-order valence-corrected chi connectivity index (χ4v) is 3.72. The summed E-state index contributed by atoms with van der Waals surface area (Å²) in [6.07, 6.45) is 3.88. The molecule has 0 aliphatic carbocycles. The molecule has 1 aliphatic rings. The highest BCUT2D eigenvalue weighted by molar-refractivity contribution is 7.07. The first-order valence-electron chi connectivity index (χ1n) is 7.67. The third-order valence-corrected chi connectivity index (χ3v) is 4.69. The van der Waals surface area contributed by atoms with E-state index in [2.05, 4.69) is 47.8 Å². The number of nitrogens with one attached hydrogen (secondary N) is 1. The van der Waals surface area contributed by atoms with Crippen LogP contribution in [0, 0.1) is 5.92 Å². The zero-order chi connectivity index (χ0) is 13.7. The van der Waals surface area contributed by atoms with Crippen molar-refractivity contribution in [2.24, 2.45) is 5.92 Å². The number of rotatable bonds is 6. The molecule has 2 unspecified atom stereocenters. The maximum Gasteiger partial charge on any atom is 0.0246 e. The third kappa shape index (κ3) is 4.59. The predicted octanol–water partition coefficient (Wildman–Crippen LogP) is 3.74. The van der Waals surface area contributed by atoms with Gasteiger partial charge in [-0.2, -0.15) is 11.3 Å². The van der Waals surface area contributed by atoms with Crippen molar-refractivity contribution < 1.29 is 0 Å². The van der Waals surface area contributed by atoms with E-state index in [9.17, 15) is 0 Å². The van der Waals surface area contributed by atoms with E-state index >= 15 is 0 Å². The highest BCUT2D eigenvalue weighted by atomic mass is 32.1. The number of nitrogens with zero attached hydrogens (tertiary/aromatic N) is 1. The van der Waals surface area contributed by atoms with Crippen molar-refractivity contribution in [3.63, 3.8) is 0 Å². The van der Waals surface area contributed by atoms with Crippen molar-refractivity contribution >= 4 is 11.3 Å². The topological polar surface area (TPSA) is 15.3 Å². The highest BCUT2D eigenvalue weighted by Gasteiger charge is 2.27. The molecule has 0 spiro atoms. The summed E-state index contributed by atoms with van der Waals surface area (Å²) in [4.78, 5) is 2.71. The summed E-state index contributed by atoms with van der Waals surface area (Å²) in [7, 11) is 0. The molecule has 108 valence electrons. The average molecular weight is 280 g/mol. The van der Waals surface area contributed by atoms with Crippen LogP contribution in [0.25, 0.3) is 0 Å². The Hall–Kier alpha value is -0.380. The standard InChI is InChI=1S/C16H28N2S/c1-4-5-15-11-18(10-14-6-7-19-12-14)16(9-17-15)8-13(2)3/h6-7,12-13,15-17H,4-5,8-11H2,1-3H3. The Labute approximate surface area is 122 Å². The van der Waals surface area contributed by atoms with Gasteiger partial charge in [0, 0.05) is 31.7 Å². The van der Waals surface area contributed by atoms with Gasteiger partial charge in [-0.15, -0.1) is 0 Å². The van der Waals surface area contributed by atoms with E-state index in [0.717, 1.165) is 19.0 Å². The second kappa shape index (κ2) is 7.41. The Balaban J connectivity index is 1.97. The van der Waals surface area contributed by atoms with Gasteiger partial charge in [-0.3, -0.25) is 4.90 Å². The molecular formula is C16H28N2S. The Morgan fingerprint density at radius 1 is 1.47 bits per heavy atom. The zero-order valence-corrected chi connectivity index (χ0v) is 13.4. The van der Waals surface area contributed by atoms with Gasteiger partial charge in [-0.05, 0) is 41.1 Å². The largest absolute Gasteiger partial charge is 0.311 e. The molecule has 2 nitrogen and oxygen atoms in total. The van der Waals surface area contributed by atoms with Crippen LogP contribution in [0.4, 0.5) is 0 Å². The van der Waals surface area contributed by atoms with Crippen molar-refractivity contribution in [3.8, 4) is 0 Å². The summed E-state index contributed by atoms with van der Waals surface area (Å²) in [6.45, 7) is 10.4. The Morgan fingerprint density at radius 3 is 2.95 bits per heavy atom. The number of hydrogen-bond acceptors (Lipinski definition) is 3. The molecule has 1 N–H and O–H groups in total. The van der Waals surface area contributed by atoms with E-state index in [4.69, 9.17) is 0 Å². The molecule has 2 atom stereocenters. The summed E-state index contributed by atoms with van der Waals surface area (Å²) in [5.74, 6) is 0.777. The van der Waals surface area contributed by atoms with Crippen LogP contribution >= 0.6 is 11.3 Å². The molecule has 19 heavy (non-hydrogen) atoms. The molecule has 1 aromatic heterocycles. The highest BCUT2D eigenvalue weighted by Crippen LogP contribution is 2.20. The van der Waals surface area contributed by atoms with Gasteiger partial charge >= 0.3 is 0 Å². The second-order valence-electron chi connectivity index (χ2n) is 6.24. The van der Waals surface area contributed by atoms with Gasteiger partial charge < -0.3 is 5.32 Å². The van der Waals surface area contributed by atoms with Crippen molar-refractivity contribution in [2.75, 3.05) is 13.1 Å². The maximum atomic E-state index is 3.75. The molecule has 0 saturated carbocycles. The number of piperazine rings is 1. The van der Waals surface area contributed by atoms with Gasteiger partial charge in [0.05, 0.1) is 0 Å². The van der Waals surface area contributed by atoms with Gasteiger partial charge in [0.1, 0.15) is 0 Å². The molecule has 2 heterocycles. The number of thiophene rings is 1. The normalized spacial score (nSPS) is 25.1. The monoisotopic (exact) mass is 280 g/mol. The van der Waals surface area contributed by atoms with Crippen LogP contribution in [0.1, 0.15) is 45.6 Å². The molecule has 0 radical (unpaired) electrons. The first-order valence-corrected chi connectivity index (χ1v) is 8.61. The van der Waals surface area contributed by atoms with Gasteiger partial charge in [0.15, 0.2) is 0 Å². The van der Waals surface area contributed by atoms with Gasteiger partial charge in [-0.1, -0.05) is 27.2 Å². The Bertz CT molecular complexity index is 348. The van der Waals surface area contributed by atoms with Gasteiger partial charge in [-0.25, -0.2) is 0 Å². The lowest BCUT2D eigenvalue weighted by molar-refractivity contribution is 0.104. The quantitative estimate of drug-likeness (QED) is 0.854. The van der Waals surface area contributed by atoms with Crippen LogP contribution in [-0.2, 0) is 6.54 Å². The fraction of sp³-hybridized carbons (Fsp3) is 0.750. The molecular weight excluding hydrogens is 252 g/mol. The first-order chi connectivity index (χ1) is 9.19. The summed E-state index contributed by atoms with van der Waals surface area (Å²) >= 11 is 1.81. The first kappa shape index (κ1) is 15.0. The van der Waals surface area contributed by atoms with E-state index in [-0.39, 0.29) is 0 Å². The van der Waals surface area contributed by atoms with E-state index in [1.165, 1.54) is 31.4 Å². The van der Waals surface area contributed by atoms with E-state index in [1.54, 1.807) is 0 Å². The lowest BCUT2D eigenvalue weighted by atomic mass is 9.97. The minimum atomic E-state index is 0.687. The zero-order valence-electron chi connectivity index (χ0n) is 12.6. The molecule has 0 bridgehead atoms. The molecule has 2 rings (SSSR count). The van der Waals surface area contributed by atoms with Crippen LogP contribution in [0.3, 0.4) is 0 Å². The minimum Gasteiger partial charge on any atom is -0.311 e. The van der Waals surface area contributed by atoms with Crippen LogP contribution in [0.2, 0.25) is 0 Å². The molecule has 3 heteroatoms. The van der Waals surface area contributed by atoms with Gasteiger partial charge in [0.2, 0.25) is 0 Å². The molecule has 1 saturated heterocycles. The van der Waals surface area contributed by atoms with Crippen LogP contribution in [0.5, 0.6) is 0 Å². The smallest absolute Gasteiger partial charge is 0.0246 e. The van der Waals surface area contributed by atoms with Crippen LogP contribution in [0.15, 0.2) is 16.8 Å². The third-order valence-electron chi connectivity index (χ3n) is 3.96. The van der Waals surface area contributed by atoms with Crippen molar-refractivity contribution in [1.82, 2.24) is 10.2 Å². The van der Waals surface area contributed by atoms with Crippen LogP contribution < -0.4 is 5.32 Å². The SMILES string of the molecule is CCCC1CN(Cc2ccsc2)C(CC(C)C)CN1. The lowest BCUT2D eigenvalue weighted by Gasteiger charge is -2.41. The predicted molar refractivity (Wildman–Crippen MR) is 84.7 cm³/mol. The fourth-order valence-electron chi connectivity index (χ4n) is 3.06. The number of hydrogen-bond donors (Lipinski definition) is 1. The minimum absolute atomic E-state index is 0.687. The summed E-state index contributed by atoms with van der Waals surface area (Å²) in [5, 5.41) is 8.23. The van der Waals surface area contributed by atoms with Crippen molar-refractivity contribution in [2.45, 2.75) is 58.7 Å². The van der Waals surface area contributed by atoms with Crippen molar-refractivity contribution in [1.29, 1.82) is 0 Å². The molecule has 1 aliphatic heterocycles. The van der Waals surface area contributed by atoms with E-state index in [1.807, 2.05) is 11.3 Å². The summed E-state index contributed by atoms with van der Waals surface area (Å²) in [6, 6.07) is 3.66. The maximum absolute atomic E-state index is 3.75. The Morgan fingerprint density at radius 2 is 2.32 bits per heavy atom. The summed E-state index contributed by atoms with van der Waals surface area (Å²) < 4.78 is 0.